The van der Waals surface area contributed by atoms with Crippen molar-refractivity contribution in [3.63, 3.8) is 0 Å². The summed E-state index contributed by atoms with van der Waals surface area (Å²) in [4.78, 5) is 18.0. The van der Waals surface area contributed by atoms with E-state index in [2.05, 4.69) is 15.1 Å². The highest BCUT2D eigenvalue weighted by atomic mass is 16.6. The molecule has 0 saturated carbocycles. The molecule has 0 unspecified atom stereocenters. The Kier molecular flexibility index (Phi) is 2.13. The van der Waals surface area contributed by atoms with E-state index in [1.807, 2.05) is 0 Å². The minimum Gasteiger partial charge on any atom is -0.358 e. The Balaban J connectivity index is 2.58. The van der Waals surface area contributed by atoms with Gasteiger partial charge in [-0.2, -0.15) is 4.68 Å². The van der Waals surface area contributed by atoms with Crippen molar-refractivity contribution in [1.82, 2.24) is 19.7 Å². The van der Waals surface area contributed by atoms with Crippen LogP contribution in [0.25, 0.3) is 11.4 Å². The molecule has 0 N–H and O–H groups in total. The quantitative estimate of drug-likeness (QED) is 0.534. The molecule has 7 nitrogen and oxygen atoms in total. The van der Waals surface area contributed by atoms with Crippen molar-refractivity contribution in [2.75, 3.05) is 0 Å². The SMILES string of the molecule is Cn1cc(-c2ncccn2)c([N+](=O)[O-])n1. The van der Waals surface area contributed by atoms with Gasteiger partial charge in [0.15, 0.2) is 5.82 Å². The van der Waals surface area contributed by atoms with E-state index in [1.165, 1.54) is 23.3 Å². The first-order chi connectivity index (χ1) is 7.18. The maximum atomic E-state index is 10.7. The number of hydrogen-bond acceptors (Lipinski definition) is 5. The van der Waals surface area contributed by atoms with Crippen LogP contribution in [0.3, 0.4) is 0 Å². The van der Waals surface area contributed by atoms with Gasteiger partial charge >= 0.3 is 5.82 Å². The van der Waals surface area contributed by atoms with Crippen molar-refractivity contribution >= 4 is 5.82 Å². The molecule has 7 heteroatoms. The Bertz CT molecular complexity index is 493. The monoisotopic (exact) mass is 205 g/mol. The van der Waals surface area contributed by atoms with E-state index in [0.29, 0.717) is 11.4 Å². The molecule has 0 bridgehead atoms. The second kappa shape index (κ2) is 3.45. The molecule has 0 amide bonds. The van der Waals surface area contributed by atoms with E-state index in [1.54, 1.807) is 13.1 Å². The first-order valence-electron chi connectivity index (χ1n) is 4.14. The molecule has 0 atom stereocenters. The van der Waals surface area contributed by atoms with Crippen LogP contribution in [0.2, 0.25) is 0 Å². The Morgan fingerprint density at radius 2 is 2.07 bits per heavy atom. The Morgan fingerprint density at radius 3 is 2.67 bits per heavy atom. The lowest BCUT2D eigenvalue weighted by atomic mass is 10.3. The smallest absolute Gasteiger partial charge is 0.358 e. The third-order valence-electron chi connectivity index (χ3n) is 1.79. The Labute approximate surface area is 84.6 Å². The van der Waals surface area contributed by atoms with Gasteiger partial charge in [0, 0.05) is 12.4 Å². The number of nitrogens with zero attached hydrogens (tertiary/aromatic N) is 5. The number of hydrogen-bond donors (Lipinski definition) is 0. The standard InChI is InChI=1S/C8H7N5O2/c1-12-5-6(8(11-12)13(14)15)7-9-3-2-4-10-7/h2-5H,1H3. The van der Waals surface area contributed by atoms with Crippen molar-refractivity contribution in [1.29, 1.82) is 0 Å². The minimum absolute atomic E-state index is 0.233. The fraction of sp³-hybridized carbons (Fsp3) is 0.125. The fourth-order valence-electron chi connectivity index (χ4n) is 1.21. The van der Waals surface area contributed by atoms with E-state index in [0.717, 1.165) is 0 Å². The van der Waals surface area contributed by atoms with E-state index < -0.39 is 4.92 Å². The first-order valence-corrected chi connectivity index (χ1v) is 4.14. The summed E-state index contributed by atoms with van der Waals surface area (Å²) < 4.78 is 1.36. The van der Waals surface area contributed by atoms with Gasteiger partial charge in [-0.25, -0.2) is 9.97 Å². The zero-order valence-electron chi connectivity index (χ0n) is 7.86. The van der Waals surface area contributed by atoms with Crippen LogP contribution in [0.5, 0.6) is 0 Å². The molecule has 0 saturated heterocycles. The molecule has 15 heavy (non-hydrogen) atoms. The topological polar surface area (TPSA) is 86.7 Å². The number of rotatable bonds is 2. The molecule has 0 aliphatic rings. The van der Waals surface area contributed by atoms with Gasteiger partial charge in [0.25, 0.3) is 0 Å². The van der Waals surface area contributed by atoms with Crippen LogP contribution < -0.4 is 0 Å². The summed E-state index contributed by atoms with van der Waals surface area (Å²) in [5, 5.41) is 14.4. The van der Waals surface area contributed by atoms with Crippen LogP contribution in [0.4, 0.5) is 5.82 Å². The average molecular weight is 205 g/mol. The highest BCUT2D eigenvalue weighted by Crippen LogP contribution is 2.24. The lowest BCUT2D eigenvalue weighted by molar-refractivity contribution is -0.389. The molecule has 0 aliphatic carbocycles. The zero-order chi connectivity index (χ0) is 10.8. The molecule has 0 fully saturated rings. The molecule has 2 aromatic heterocycles. The van der Waals surface area contributed by atoms with Crippen LogP contribution in [-0.4, -0.2) is 24.7 Å². The van der Waals surface area contributed by atoms with Crippen molar-refractivity contribution in [2.45, 2.75) is 0 Å². The predicted octanol–water partition coefficient (Wildman–Crippen LogP) is 0.785. The van der Waals surface area contributed by atoms with E-state index in [-0.39, 0.29) is 5.82 Å². The maximum Gasteiger partial charge on any atom is 0.401 e. The molecule has 2 aromatic rings. The summed E-state index contributed by atoms with van der Waals surface area (Å²) in [6, 6.07) is 1.64. The molecule has 2 heterocycles. The molecular weight excluding hydrogens is 198 g/mol. The Morgan fingerprint density at radius 1 is 1.40 bits per heavy atom. The molecule has 0 radical (unpaired) electrons. The number of nitro groups is 1. The van der Waals surface area contributed by atoms with Crippen LogP contribution in [0.15, 0.2) is 24.7 Å². The number of aromatic nitrogens is 4. The van der Waals surface area contributed by atoms with Crippen molar-refractivity contribution in [2.24, 2.45) is 7.05 Å². The zero-order valence-corrected chi connectivity index (χ0v) is 7.86. The fourth-order valence-corrected chi connectivity index (χ4v) is 1.21. The Hall–Kier alpha value is -2.31. The van der Waals surface area contributed by atoms with E-state index >= 15 is 0 Å². The van der Waals surface area contributed by atoms with Gasteiger partial charge in [-0.15, -0.1) is 0 Å². The first kappa shape index (κ1) is 9.25. The number of aryl methyl sites for hydroxylation is 1. The molecule has 0 spiro atoms. The van der Waals surface area contributed by atoms with Gasteiger partial charge < -0.3 is 10.1 Å². The lowest BCUT2D eigenvalue weighted by Gasteiger charge is -1.93. The van der Waals surface area contributed by atoms with E-state index in [4.69, 9.17) is 0 Å². The third-order valence-corrected chi connectivity index (χ3v) is 1.79. The molecular formula is C8H7N5O2. The summed E-state index contributed by atoms with van der Waals surface area (Å²) in [7, 11) is 1.61. The second-order valence-corrected chi connectivity index (χ2v) is 2.87. The molecule has 0 aliphatic heterocycles. The predicted molar refractivity (Wildman–Crippen MR) is 50.9 cm³/mol. The minimum atomic E-state index is -0.550. The highest BCUT2D eigenvalue weighted by Gasteiger charge is 2.22. The summed E-state index contributed by atoms with van der Waals surface area (Å²) >= 11 is 0. The summed E-state index contributed by atoms with van der Waals surface area (Å²) in [5.74, 6) is 0.0704. The van der Waals surface area contributed by atoms with Gasteiger partial charge in [-0.05, 0) is 11.0 Å². The van der Waals surface area contributed by atoms with Crippen LogP contribution in [0.1, 0.15) is 0 Å². The molecule has 76 valence electrons. The summed E-state index contributed by atoms with van der Waals surface area (Å²) in [6.07, 6.45) is 4.57. The third kappa shape index (κ3) is 1.66. The van der Waals surface area contributed by atoms with Crippen LogP contribution >= 0.6 is 0 Å². The summed E-state index contributed by atoms with van der Waals surface area (Å²) in [6.45, 7) is 0. The lowest BCUT2D eigenvalue weighted by Crippen LogP contribution is -1.94. The molecule has 0 aromatic carbocycles. The molecule has 2 rings (SSSR count). The van der Waals surface area contributed by atoms with Crippen LogP contribution in [0, 0.1) is 10.1 Å². The van der Waals surface area contributed by atoms with Crippen molar-refractivity contribution < 1.29 is 4.92 Å². The van der Waals surface area contributed by atoms with Gasteiger partial charge in [0.2, 0.25) is 0 Å². The average Bonchev–Trinajstić information content (AvgIpc) is 2.62. The maximum absolute atomic E-state index is 10.7. The normalized spacial score (nSPS) is 10.2. The van der Waals surface area contributed by atoms with Crippen molar-refractivity contribution in [3.8, 4) is 11.4 Å². The second-order valence-electron chi connectivity index (χ2n) is 2.87. The highest BCUT2D eigenvalue weighted by molar-refractivity contribution is 5.63. The van der Waals surface area contributed by atoms with Crippen LogP contribution in [-0.2, 0) is 7.05 Å². The van der Waals surface area contributed by atoms with Gasteiger partial charge in [0.05, 0.1) is 18.3 Å². The summed E-state index contributed by atoms with van der Waals surface area (Å²) in [5.41, 5.74) is 0.322. The van der Waals surface area contributed by atoms with Gasteiger partial charge in [-0.1, -0.05) is 0 Å². The van der Waals surface area contributed by atoms with Gasteiger partial charge in [0.1, 0.15) is 5.56 Å². The van der Waals surface area contributed by atoms with Gasteiger partial charge in [-0.3, -0.25) is 0 Å². The largest absolute Gasteiger partial charge is 0.401 e. The van der Waals surface area contributed by atoms with Crippen molar-refractivity contribution in [3.05, 3.63) is 34.8 Å². The van der Waals surface area contributed by atoms with E-state index in [9.17, 15) is 10.1 Å².